The molecule has 22 heavy (non-hydrogen) atoms. The monoisotopic (exact) mass is 384 g/mol. The molecule has 0 atom stereocenters. The molecule has 0 radical (unpaired) electrons. The molecule has 1 aromatic heterocycles. The van der Waals surface area contributed by atoms with Crippen LogP contribution >= 0.6 is 27.3 Å². The van der Waals surface area contributed by atoms with Crippen molar-refractivity contribution in [2.24, 2.45) is 0 Å². The third-order valence-electron chi connectivity index (χ3n) is 2.80. The molecule has 1 N–H and O–H groups in total. The number of aromatic nitrogens is 1. The fourth-order valence-electron chi connectivity index (χ4n) is 1.80. The van der Waals surface area contributed by atoms with Gasteiger partial charge in [0.15, 0.2) is 5.13 Å². The molecule has 0 unspecified atom stereocenters. The van der Waals surface area contributed by atoms with Crippen molar-refractivity contribution >= 4 is 38.3 Å². The van der Waals surface area contributed by atoms with Crippen molar-refractivity contribution in [3.05, 3.63) is 40.9 Å². The molecule has 118 valence electrons. The number of hydrogen-bond acceptors (Lipinski definition) is 5. The van der Waals surface area contributed by atoms with Crippen LogP contribution in [0.4, 0.5) is 5.13 Å². The summed E-state index contributed by atoms with van der Waals surface area (Å²) >= 11 is 4.79. The Kier molecular flexibility index (Phi) is 6.82. The second kappa shape index (κ2) is 8.87. The van der Waals surface area contributed by atoms with Gasteiger partial charge in [-0.05, 0) is 23.8 Å². The van der Waals surface area contributed by atoms with E-state index in [9.17, 15) is 4.79 Å². The zero-order chi connectivity index (χ0) is 15.8. The Balaban J connectivity index is 2.07. The molecular weight excluding hydrogens is 368 g/mol. The minimum absolute atomic E-state index is 0.195. The fourth-order valence-corrected chi connectivity index (χ4v) is 2.65. The first kappa shape index (κ1) is 16.9. The van der Waals surface area contributed by atoms with Gasteiger partial charge in [-0.15, -0.1) is 11.3 Å². The van der Waals surface area contributed by atoms with Gasteiger partial charge in [-0.25, -0.2) is 4.98 Å². The Bertz CT molecular complexity index is 605. The number of halogens is 1. The topological polar surface area (TPSA) is 60.5 Å². The lowest BCUT2D eigenvalue weighted by Gasteiger charge is -2.10. The van der Waals surface area contributed by atoms with Crippen LogP contribution in [0.2, 0.25) is 0 Å². The number of benzene rings is 1. The average Bonchev–Trinajstić information content (AvgIpc) is 3.04. The van der Waals surface area contributed by atoms with E-state index in [4.69, 9.17) is 9.47 Å². The molecule has 5 nitrogen and oxygen atoms in total. The van der Waals surface area contributed by atoms with Crippen LogP contribution in [0.25, 0.3) is 0 Å². The van der Waals surface area contributed by atoms with Gasteiger partial charge in [-0.1, -0.05) is 15.9 Å². The Labute approximate surface area is 141 Å². The van der Waals surface area contributed by atoms with Crippen LogP contribution in [0.1, 0.15) is 22.3 Å². The van der Waals surface area contributed by atoms with Crippen LogP contribution in [0, 0.1) is 0 Å². The zero-order valence-electron chi connectivity index (χ0n) is 12.2. The SMILES string of the molecule is COCCCOc1cc(CBr)cc(C(=O)Nc2nccs2)c1. The number of thiazole rings is 1. The molecule has 0 saturated carbocycles. The average molecular weight is 385 g/mol. The largest absolute Gasteiger partial charge is 0.493 e. The highest BCUT2D eigenvalue weighted by Crippen LogP contribution is 2.21. The van der Waals surface area contributed by atoms with Gasteiger partial charge in [-0.2, -0.15) is 0 Å². The lowest BCUT2D eigenvalue weighted by atomic mass is 10.1. The molecular formula is C15H17BrN2O3S. The summed E-state index contributed by atoms with van der Waals surface area (Å²) in [6.45, 7) is 1.20. The first-order valence-electron chi connectivity index (χ1n) is 6.75. The van der Waals surface area contributed by atoms with Gasteiger partial charge in [0.2, 0.25) is 0 Å². The molecule has 0 aliphatic heterocycles. The van der Waals surface area contributed by atoms with Crippen LogP contribution < -0.4 is 10.1 Å². The lowest BCUT2D eigenvalue weighted by Crippen LogP contribution is -2.12. The maximum Gasteiger partial charge on any atom is 0.257 e. The minimum atomic E-state index is -0.195. The number of alkyl halides is 1. The van der Waals surface area contributed by atoms with E-state index in [1.54, 1.807) is 19.4 Å². The molecule has 0 saturated heterocycles. The molecule has 2 aromatic rings. The molecule has 1 aromatic carbocycles. The standard InChI is InChI=1S/C15H17BrN2O3S/c1-20-4-2-5-21-13-8-11(10-16)7-12(9-13)14(19)18-15-17-3-6-22-15/h3,6-9H,2,4-5,10H2,1H3,(H,17,18,19). The molecule has 0 spiro atoms. The van der Waals surface area contributed by atoms with Crippen molar-refractivity contribution in [3.63, 3.8) is 0 Å². The van der Waals surface area contributed by atoms with Crippen LogP contribution in [0.3, 0.4) is 0 Å². The summed E-state index contributed by atoms with van der Waals surface area (Å²) in [6, 6.07) is 5.49. The Morgan fingerprint density at radius 2 is 2.23 bits per heavy atom. The van der Waals surface area contributed by atoms with Gasteiger partial charge < -0.3 is 9.47 Å². The van der Waals surface area contributed by atoms with Crippen molar-refractivity contribution in [1.29, 1.82) is 0 Å². The molecule has 0 aliphatic carbocycles. The predicted molar refractivity (Wildman–Crippen MR) is 91.1 cm³/mol. The molecule has 0 aliphatic rings. The van der Waals surface area contributed by atoms with E-state index in [1.165, 1.54) is 11.3 Å². The Hall–Kier alpha value is -1.44. The Morgan fingerprint density at radius 3 is 2.91 bits per heavy atom. The van der Waals surface area contributed by atoms with E-state index in [2.05, 4.69) is 26.2 Å². The van der Waals surface area contributed by atoms with Crippen LogP contribution in [0.15, 0.2) is 29.8 Å². The summed E-state index contributed by atoms with van der Waals surface area (Å²) in [6.07, 6.45) is 2.45. The van der Waals surface area contributed by atoms with E-state index in [0.29, 0.717) is 35.0 Å². The van der Waals surface area contributed by atoms with Crippen LogP contribution in [0.5, 0.6) is 5.75 Å². The van der Waals surface area contributed by atoms with Gasteiger partial charge in [0.25, 0.3) is 5.91 Å². The van der Waals surface area contributed by atoms with E-state index in [1.807, 2.05) is 17.5 Å². The number of anilines is 1. The van der Waals surface area contributed by atoms with Crippen molar-refractivity contribution in [2.45, 2.75) is 11.8 Å². The predicted octanol–water partition coefficient (Wildman–Crippen LogP) is 3.71. The summed E-state index contributed by atoms with van der Waals surface area (Å²) in [4.78, 5) is 16.3. The first-order valence-corrected chi connectivity index (χ1v) is 8.75. The highest BCUT2D eigenvalue weighted by atomic mass is 79.9. The molecule has 0 bridgehead atoms. The van der Waals surface area contributed by atoms with Crippen LogP contribution in [-0.2, 0) is 10.1 Å². The summed E-state index contributed by atoms with van der Waals surface area (Å²) < 4.78 is 10.7. The third kappa shape index (κ3) is 5.08. The summed E-state index contributed by atoms with van der Waals surface area (Å²) in [5.74, 6) is 0.483. The third-order valence-corrected chi connectivity index (χ3v) is 4.13. The second-order valence-corrected chi connectivity index (χ2v) is 5.94. The number of hydrogen-bond donors (Lipinski definition) is 1. The Morgan fingerprint density at radius 1 is 1.36 bits per heavy atom. The fraction of sp³-hybridized carbons (Fsp3) is 0.333. The smallest absolute Gasteiger partial charge is 0.257 e. The molecule has 0 fully saturated rings. The van der Waals surface area contributed by atoms with Gasteiger partial charge in [-0.3, -0.25) is 10.1 Å². The maximum absolute atomic E-state index is 12.3. The molecule has 1 amide bonds. The van der Waals surface area contributed by atoms with Crippen molar-refractivity contribution in [3.8, 4) is 5.75 Å². The number of ether oxygens (including phenoxy) is 2. The zero-order valence-corrected chi connectivity index (χ0v) is 14.6. The highest BCUT2D eigenvalue weighted by molar-refractivity contribution is 9.08. The first-order chi connectivity index (χ1) is 10.7. The van der Waals surface area contributed by atoms with E-state index < -0.39 is 0 Å². The second-order valence-electron chi connectivity index (χ2n) is 4.49. The molecule has 7 heteroatoms. The maximum atomic E-state index is 12.3. The molecule has 1 heterocycles. The number of amides is 1. The van der Waals surface area contributed by atoms with Crippen LogP contribution in [-0.4, -0.2) is 31.2 Å². The number of carbonyl (C=O) groups excluding carboxylic acids is 1. The van der Waals surface area contributed by atoms with Gasteiger partial charge in [0.1, 0.15) is 5.75 Å². The number of methoxy groups -OCH3 is 1. The summed E-state index contributed by atoms with van der Waals surface area (Å²) in [5.41, 5.74) is 1.53. The normalized spacial score (nSPS) is 10.5. The number of carbonyl (C=O) groups is 1. The van der Waals surface area contributed by atoms with Crippen molar-refractivity contribution in [1.82, 2.24) is 4.98 Å². The van der Waals surface area contributed by atoms with Gasteiger partial charge in [0, 0.05) is 42.6 Å². The summed E-state index contributed by atoms with van der Waals surface area (Å²) in [5, 5.41) is 5.82. The van der Waals surface area contributed by atoms with E-state index in [-0.39, 0.29) is 5.91 Å². The van der Waals surface area contributed by atoms with Crippen molar-refractivity contribution in [2.75, 3.05) is 25.6 Å². The van der Waals surface area contributed by atoms with E-state index >= 15 is 0 Å². The molecule has 2 rings (SSSR count). The van der Waals surface area contributed by atoms with Gasteiger partial charge >= 0.3 is 0 Å². The van der Waals surface area contributed by atoms with Gasteiger partial charge in [0.05, 0.1) is 6.61 Å². The number of nitrogens with zero attached hydrogens (tertiary/aromatic N) is 1. The summed E-state index contributed by atoms with van der Waals surface area (Å²) in [7, 11) is 1.66. The minimum Gasteiger partial charge on any atom is -0.493 e. The highest BCUT2D eigenvalue weighted by Gasteiger charge is 2.11. The number of rotatable bonds is 8. The lowest BCUT2D eigenvalue weighted by molar-refractivity contribution is 0.102. The van der Waals surface area contributed by atoms with Crippen molar-refractivity contribution < 1.29 is 14.3 Å². The number of nitrogens with one attached hydrogen (secondary N) is 1. The van der Waals surface area contributed by atoms with E-state index in [0.717, 1.165) is 12.0 Å². The quantitative estimate of drug-likeness (QED) is 0.556.